The first-order valence-corrected chi connectivity index (χ1v) is 8.76. The zero-order chi connectivity index (χ0) is 17.8. The van der Waals surface area contributed by atoms with Gasteiger partial charge in [-0.3, -0.25) is 10.1 Å². The van der Waals surface area contributed by atoms with Crippen LogP contribution in [0.5, 0.6) is 0 Å². The van der Waals surface area contributed by atoms with Crippen molar-refractivity contribution in [2.75, 3.05) is 0 Å². The van der Waals surface area contributed by atoms with Crippen molar-refractivity contribution in [1.82, 2.24) is 15.5 Å². The van der Waals surface area contributed by atoms with E-state index in [4.69, 9.17) is 4.52 Å². The Hall–Kier alpha value is -2.58. The van der Waals surface area contributed by atoms with Gasteiger partial charge in [0.15, 0.2) is 0 Å². The summed E-state index contributed by atoms with van der Waals surface area (Å²) in [5.74, 6) is 1.21. The van der Waals surface area contributed by atoms with E-state index in [1.165, 1.54) is 17.0 Å². The highest BCUT2D eigenvalue weighted by Crippen LogP contribution is 2.26. The molecule has 25 heavy (non-hydrogen) atoms. The van der Waals surface area contributed by atoms with Crippen LogP contribution in [0, 0.1) is 16.0 Å². The van der Waals surface area contributed by atoms with Crippen LogP contribution in [0.3, 0.4) is 0 Å². The number of nitro groups is 1. The second-order valence-corrected chi connectivity index (χ2v) is 6.92. The van der Waals surface area contributed by atoms with Gasteiger partial charge in [-0.15, -0.1) is 11.3 Å². The fourth-order valence-corrected chi connectivity index (χ4v) is 3.51. The maximum absolute atomic E-state index is 10.9. The van der Waals surface area contributed by atoms with Gasteiger partial charge in [0, 0.05) is 28.6 Å². The molecule has 7 nitrogen and oxygen atoms in total. The third kappa shape index (κ3) is 4.09. The Labute approximate surface area is 148 Å². The summed E-state index contributed by atoms with van der Waals surface area (Å²) in [5, 5.41) is 20.3. The monoisotopic (exact) mass is 358 g/mol. The standard InChI is InChI=1S/C17H18N4O3S/c1-11(2)16(14-7-4-8-25-14)18-10-15-19-17(20-24-15)12-5-3-6-13(9-12)21(22)23/h3-9,11,16,18H,10H2,1-2H3. The molecule has 0 spiro atoms. The molecule has 2 aromatic heterocycles. The molecule has 3 rings (SSSR count). The second-order valence-electron chi connectivity index (χ2n) is 5.94. The highest BCUT2D eigenvalue weighted by molar-refractivity contribution is 7.10. The minimum atomic E-state index is -0.444. The summed E-state index contributed by atoms with van der Waals surface area (Å²) in [6.07, 6.45) is 0. The van der Waals surface area contributed by atoms with Crippen molar-refractivity contribution in [3.63, 3.8) is 0 Å². The molecule has 3 aromatic rings. The molecule has 1 unspecified atom stereocenters. The average molecular weight is 358 g/mol. The minimum absolute atomic E-state index is 0.000424. The summed E-state index contributed by atoms with van der Waals surface area (Å²) in [6.45, 7) is 4.74. The Balaban J connectivity index is 1.71. The lowest BCUT2D eigenvalue weighted by atomic mass is 10.0. The van der Waals surface area contributed by atoms with Gasteiger partial charge in [0.25, 0.3) is 5.69 Å². The van der Waals surface area contributed by atoms with Crippen molar-refractivity contribution >= 4 is 17.0 Å². The van der Waals surface area contributed by atoms with Crippen LogP contribution in [-0.4, -0.2) is 15.1 Å². The van der Waals surface area contributed by atoms with Gasteiger partial charge >= 0.3 is 0 Å². The number of benzene rings is 1. The fourth-order valence-electron chi connectivity index (χ4n) is 2.53. The molecule has 0 bridgehead atoms. The van der Waals surface area contributed by atoms with Gasteiger partial charge in [-0.1, -0.05) is 37.2 Å². The summed E-state index contributed by atoms with van der Waals surface area (Å²) >= 11 is 1.71. The highest BCUT2D eigenvalue weighted by atomic mass is 32.1. The van der Waals surface area contributed by atoms with Crippen LogP contribution >= 0.6 is 11.3 Å². The molecule has 0 amide bonds. The largest absolute Gasteiger partial charge is 0.338 e. The molecule has 0 fully saturated rings. The van der Waals surface area contributed by atoms with Crippen molar-refractivity contribution in [2.45, 2.75) is 26.4 Å². The maximum Gasteiger partial charge on any atom is 0.270 e. The molecule has 1 atom stereocenters. The molecular weight excluding hydrogens is 340 g/mol. The first kappa shape index (κ1) is 17.2. The number of thiophene rings is 1. The van der Waals surface area contributed by atoms with Crippen LogP contribution in [0.2, 0.25) is 0 Å². The molecule has 0 saturated carbocycles. The van der Waals surface area contributed by atoms with Crippen LogP contribution < -0.4 is 5.32 Å². The lowest BCUT2D eigenvalue weighted by molar-refractivity contribution is -0.384. The van der Waals surface area contributed by atoms with Crippen LogP contribution in [0.25, 0.3) is 11.4 Å². The Kier molecular flexibility index (Phi) is 5.20. The van der Waals surface area contributed by atoms with Gasteiger partial charge in [0.2, 0.25) is 11.7 Å². The second kappa shape index (κ2) is 7.54. The number of non-ortho nitro benzene ring substituents is 1. The third-order valence-corrected chi connectivity index (χ3v) is 4.73. The van der Waals surface area contributed by atoms with Gasteiger partial charge in [0.1, 0.15) is 0 Å². The first-order valence-electron chi connectivity index (χ1n) is 7.89. The molecule has 1 aromatic carbocycles. The molecular formula is C17H18N4O3S. The summed E-state index contributed by atoms with van der Waals surface area (Å²) in [6, 6.07) is 10.5. The zero-order valence-electron chi connectivity index (χ0n) is 13.9. The molecule has 8 heteroatoms. The minimum Gasteiger partial charge on any atom is -0.338 e. The SMILES string of the molecule is CC(C)C(NCc1nc(-c2cccc([N+](=O)[O-])c2)no1)c1cccs1. The number of rotatable bonds is 7. The zero-order valence-corrected chi connectivity index (χ0v) is 14.7. The number of nitrogens with zero attached hydrogens (tertiary/aromatic N) is 3. The van der Waals surface area contributed by atoms with Crippen molar-refractivity contribution < 1.29 is 9.45 Å². The van der Waals surface area contributed by atoms with E-state index in [0.29, 0.717) is 29.7 Å². The Morgan fingerprint density at radius 3 is 2.84 bits per heavy atom. The summed E-state index contributed by atoms with van der Waals surface area (Å²) in [5.41, 5.74) is 0.558. The average Bonchev–Trinajstić information content (AvgIpc) is 3.27. The molecule has 0 aliphatic heterocycles. The highest BCUT2D eigenvalue weighted by Gasteiger charge is 2.18. The molecule has 0 aliphatic carbocycles. The van der Waals surface area contributed by atoms with Crippen molar-refractivity contribution in [1.29, 1.82) is 0 Å². The normalized spacial score (nSPS) is 12.4. The van der Waals surface area contributed by atoms with Crippen LogP contribution in [-0.2, 0) is 6.54 Å². The van der Waals surface area contributed by atoms with E-state index in [2.05, 4.69) is 40.8 Å². The van der Waals surface area contributed by atoms with Gasteiger partial charge in [-0.2, -0.15) is 4.98 Å². The molecule has 0 aliphatic rings. The van der Waals surface area contributed by atoms with E-state index in [9.17, 15) is 10.1 Å². The van der Waals surface area contributed by atoms with Crippen molar-refractivity contribution in [3.05, 3.63) is 62.7 Å². The third-order valence-electron chi connectivity index (χ3n) is 3.77. The maximum atomic E-state index is 10.9. The van der Waals surface area contributed by atoms with Crippen LogP contribution in [0.15, 0.2) is 46.3 Å². The van der Waals surface area contributed by atoms with Crippen molar-refractivity contribution in [3.8, 4) is 11.4 Å². The quantitative estimate of drug-likeness (QED) is 0.502. The van der Waals surface area contributed by atoms with Gasteiger partial charge in [0.05, 0.1) is 11.5 Å². The molecule has 0 saturated heterocycles. The molecule has 2 heterocycles. The number of hydrogen-bond acceptors (Lipinski definition) is 7. The van der Waals surface area contributed by atoms with Gasteiger partial charge in [-0.05, 0) is 17.4 Å². The fraction of sp³-hybridized carbons (Fsp3) is 0.294. The topological polar surface area (TPSA) is 94.1 Å². The Morgan fingerprint density at radius 1 is 1.32 bits per heavy atom. The lowest BCUT2D eigenvalue weighted by Gasteiger charge is -2.20. The lowest BCUT2D eigenvalue weighted by Crippen LogP contribution is -2.24. The summed E-state index contributed by atoms with van der Waals surface area (Å²) < 4.78 is 5.28. The molecule has 1 N–H and O–H groups in total. The van der Waals surface area contributed by atoms with E-state index in [1.807, 2.05) is 6.07 Å². The number of nitrogens with one attached hydrogen (secondary N) is 1. The number of nitro benzene ring substituents is 1. The van der Waals surface area contributed by atoms with Crippen LogP contribution in [0.1, 0.15) is 30.7 Å². The number of aromatic nitrogens is 2. The van der Waals surface area contributed by atoms with E-state index in [-0.39, 0.29) is 11.7 Å². The van der Waals surface area contributed by atoms with Gasteiger partial charge in [-0.25, -0.2) is 0 Å². The van der Waals surface area contributed by atoms with E-state index in [0.717, 1.165) is 0 Å². The Morgan fingerprint density at radius 2 is 2.16 bits per heavy atom. The van der Waals surface area contributed by atoms with Crippen molar-refractivity contribution in [2.24, 2.45) is 5.92 Å². The van der Waals surface area contributed by atoms with E-state index >= 15 is 0 Å². The van der Waals surface area contributed by atoms with E-state index < -0.39 is 4.92 Å². The predicted octanol–water partition coefficient (Wildman–Crippen LogP) is 4.19. The number of hydrogen-bond donors (Lipinski definition) is 1. The summed E-state index contributed by atoms with van der Waals surface area (Å²) in [4.78, 5) is 16.0. The predicted molar refractivity (Wildman–Crippen MR) is 95.1 cm³/mol. The smallest absolute Gasteiger partial charge is 0.270 e. The molecule has 130 valence electrons. The van der Waals surface area contributed by atoms with Crippen LogP contribution in [0.4, 0.5) is 5.69 Å². The summed E-state index contributed by atoms with van der Waals surface area (Å²) in [7, 11) is 0. The van der Waals surface area contributed by atoms with E-state index in [1.54, 1.807) is 23.5 Å². The molecule has 0 radical (unpaired) electrons. The first-order chi connectivity index (χ1) is 12.0. The Bertz CT molecular complexity index is 845. The van der Waals surface area contributed by atoms with Gasteiger partial charge < -0.3 is 9.84 Å².